The molecule has 0 amide bonds. The molecule has 2 heteroatoms. The van der Waals surface area contributed by atoms with Crippen molar-refractivity contribution in [3.8, 4) is 11.3 Å². The van der Waals surface area contributed by atoms with E-state index in [1.807, 2.05) is 43.5 Å². The lowest BCUT2D eigenvalue weighted by Crippen LogP contribution is -1.87. The zero-order valence-corrected chi connectivity index (χ0v) is 9.01. The van der Waals surface area contributed by atoms with Gasteiger partial charge in [0.2, 0.25) is 0 Å². The average molecular weight is 207 g/mol. The van der Waals surface area contributed by atoms with Crippen LogP contribution < -0.4 is 0 Å². The van der Waals surface area contributed by atoms with Gasteiger partial charge in [-0.3, -0.25) is 4.40 Å². The molecular formula is C14H11N2. The fraction of sp³-hybridized carbons (Fsp3) is 0.0714. The standard InChI is InChI=1S/C14H11N2/c1-11-14(12-7-3-2-4-8-12)16-10-6-5-9-13(16)15-11/h2-4,6-10H,1H3. The van der Waals surface area contributed by atoms with Gasteiger partial charge in [0.25, 0.3) is 0 Å². The molecule has 3 aromatic rings. The number of nitrogens with zero attached hydrogens (tertiary/aromatic N) is 2. The van der Waals surface area contributed by atoms with E-state index in [-0.39, 0.29) is 0 Å². The van der Waals surface area contributed by atoms with Crippen molar-refractivity contribution in [2.75, 3.05) is 0 Å². The monoisotopic (exact) mass is 207 g/mol. The summed E-state index contributed by atoms with van der Waals surface area (Å²) in [5, 5.41) is 0. The highest BCUT2D eigenvalue weighted by molar-refractivity contribution is 5.66. The number of aromatic nitrogens is 2. The van der Waals surface area contributed by atoms with E-state index in [0.29, 0.717) is 0 Å². The first kappa shape index (κ1) is 9.16. The van der Waals surface area contributed by atoms with Gasteiger partial charge in [-0.15, -0.1) is 0 Å². The molecule has 0 saturated carbocycles. The highest BCUT2D eigenvalue weighted by atomic mass is 15.0. The van der Waals surface area contributed by atoms with Gasteiger partial charge in [-0.05, 0) is 25.1 Å². The Balaban J connectivity index is 2.35. The molecule has 2 nitrogen and oxygen atoms in total. The van der Waals surface area contributed by atoms with E-state index in [1.165, 1.54) is 5.56 Å². The summed E-state index contributed by atoms with van der Waals surface area (Å²) in [5.74, 6) is 0. The van der Waals surface area contributed by atoms with E-state index in [9.17, 15) is 0 Å². The van der Waals surface area contributed by atoms with Crippen LogP contribution in [-0.2, 0) is 0 Å². The summed E-state index contributed by atoms with van der Waals surface area (Å²) in [6, 6.07) is 17.2. The molecule has 0 saturated heterocycles. The summed E-state index contributed by atoms with van der Waals surface area (Å²) in [6.45, 7) is 2.04. The molecule has 0 aliphatic carbocycles. The molecule has 0 N–H and O–H groups in total. The molecule has 2 aromatic heterocycles. The third-order valence-corrected chi connectivity index (χ3v) is 2.69. The van der Waals surface area contributed by atoms with Crippen LogP contribution in [0.2, 0.25) is 0 Å². The van der Waals surface area contributed by atoms with Gasteiger partial charge >= 0.3 is 0 Å². The van der Waals surface area contributed by atoms with Crippen molar-refractivity contribution in [3.63, 3.8) is 0 Å². The normalized spacial score (nSPS) is 10.8. The Labute approximate surface area is 94.2 Å². The van der Waals surface area contributed by atoms with Crippen LogP contribution in [0.1, 0.15) is 5.69 Å². The largest absolute Gasteiger partial charge is 0.299 e. The molecule has 2 heterocycles. The van der Waals surface area contributed by atoms with E-state index in [2.05, 4.69) is 27.6 Å². The third kappa shape index (κ3) is 1.31. The van der Waals surface area contributed by atoms with Crippen molar-refractivity contribution in [2.45, 2.75) is 6.92 Å². The molecule has 0 aliphatic rings. The van der Waals surface area contributed by atoms with Crippen LogP contribution >= 0.6 is 0 Å². The average Bonchev–Trinajstić information content (AvgIpc) is 2.66. The molecule has 3 rings (SSSR count). The fourth-order valence-corrected chi connectivity index (χ4v) is 2.00. The number of pyridine rings is 1. The van der Waals surface area contributed by atoms with Crippen molar-refractivity contribution >= 4 is 5.65 Å². The van der Waals surface area contributed by atoms with Crippen molar-refractivity contribution in [2.24, 2.45) is 0 Å². The second-order valence-electron chi connectivity index (χ2n) is 3.77. The van der Waals surface area contributed by atoms with Crippen LogP contribution in [0.25, 0.3) is 16.9 Å². The van der Waals surface area contributed by atoms with Gasteiger partial charge in [0.1, 0.15) is 5.65 Å². The number of hydrogen-bond acceptors (Lipinski definition) is 1. The lowest BCUT2D eigenvalue weighted by atomic mass is 10.1. The van der Waals surface area contributed by atoms with E-state index >= 15 is 0 Å². The van der Waals surface area contributed by atoms with E-state index in [4.69, 9.17) is 0 Å². The first-order chi connectivity index (χ1) is 7.86. The maximum atomic E-state index is 4.52. The van der Waals surface area contributed by atoms with Crippen molar-refractivity contribution < 1.29 is 0 Å². The number of aryl methyl sites for hydroxylation is 1. The molecule has 1 radical (unpaired) electrons. The second kappa shape index (κ2) is 3.49. The first-order valence-corrected chi connectivity index (χ1v) is 5.26. The first-order valence-electron chi connectivity index (χ1n) is 5.26. The topological polar surface area (TPSA) is 17.3 Å². The van der Waals surface area contributed by atoms with E-state index < -0.39 is 0 Å². The van der Waals surface area contributed by atoms with Gasteiger partial charge in [-0.2, -0.15) is 0 Å². The van der Waals surface area contributed by atoms with Gasteiger partial charge in [0.15, 0.2) is 0 Å². The van der Waals surface area contributed by atoms with Crippen LogP contribution in [0.3, 0.4) is 0 Å². The zero-order valence-electron chi connectivity index (χ0n) is 9.01. The van der Waals surface area contributed by atoms with Crippen LogP contribution in [0.4, 0.5) is 0 Å². The van der Waals surface area contributed by atoms with Crippen molar-refractivity contribution in [1.29, 1.82) is 0 Å². The van der Waals surface area contributed by atoms with E-state index in [0.717, 1.165) is 17.0 Å². The Morgan fingerprint density at radius 3 is 2.81 bits per heavy atom. The Bertz CT molecular complexity index is 624. The molecule has 0 unspecified atom stereocenters. The van der Waals surface area contributed by atoms with Crippen LogP contribution in [-0.4, -0.2) is 9.38 Å². The highest BCUT2D eigenvalue weighted by Crippen LogP contribution is 2.23. The lowest BCUT2D eigenvalue weighted by Gasteiger charge is -2.02. The van der Waals surface area contributed by atoms with Gasteiger partial charge in [0, 0.05) is 11.8 Å². The minimum absolute atomic E-state index is 0.943. The van der Waals surface area contributed by atoms with Crippen LogP contribution in [0.15, 0.2) is 48.7 Å². The summed E-state index contributed by atoms with van der Waals surface area (Å²) < 4.78 is 2.10. The minimum Gasteiger partial charge on any atom is -0.299 e. The number of benzene rings is 1. The smallest absolute Gasteiger partial charge is 0.138 e. The Hall–Kier alpha value is -2.09. The Morgan fingerprint density at radius 1 is 1.19 bits per heavy atom. The maximum Gasteiger partial charge on any atom is 0.138 e. The van der Waals surface area contributed by atoms with Gasteiger partial charge in [-0.25, -0.2) is 4.98 Å². The molecule has 1 aromatic carbocycles. The highest BCUT2D eigenvalue weighted by Gasteiger charge is 2.09. The molecular weight excluding hydrogens is 196 g/mol. The third-order valence-electron chi connectivity index (χ3n) is 2.69. The molecule has 0 aliphatic heterocycles. The summed E-state index contributed by atoms with van der Waals surface area (Å²) in [5.41, 5.74) is 4.34. The predicted octanol–water partition coefficient (Wildman–Crippen LogP) is 3.11. The van der Waals surface area contributed by atoms with Gasteiger partial charge in [0.05, 0.1) is 11.4 Å². The lowest BCUT2D eigenvalue weighted by molar-refractivity contribution is 1.19. The van der Waals surface area contributed by atoms with Crippen molar-refractivity contribution in [3.05, 3.63) is 60.4 Å². The molecule has 0 bridgehead atoms. The molecule has 0 spiro atoms. The molecule has 16 heavy (non-hydrogen) atoms. The molecule has 0 atom stereocenters. The summed E-state index contributed by atoms with van der Waals surface area (Å²) in [7, 11) is 0. The van der Waals surface area contributed by atoms with Crippen molar-refractivity contribution in [1.82, 2.24) is 9.38 Å². The predicted molar refractivity (Wildman–Crippen MR) is 64.2 cm³/mol. The molecule has 77 valence electrons. The van der Waals surface area contributed by atoms with E-state index in [1.54, 1.807) is 0 Å². The van der Waals surface area contributed by atoms with Crippen LogP contribution in [0, 0.1) is 13.0 Å². The number of fused-ring (bicyclic) bond motifs is 1. The zero-order chi connectivity index (χ0) is 11.0. The molecule has 0 fully saturated rings. The minimum atomic E-state index is 0.943. The number of imidazole rings is 1. The Kier molecular flexibility index (Phi) is 2.00. The summed E-state index contributed by atoms with van der Waals surface area (Å²) in [6.07, 6.45) is 2.00. The quantitative estimate of drug-likeness (QED) is 0.599. The Morgan fingerprint density at radius 2 is 2.00 bits per heavy atom. The number of rotatable bonds is 1. The number of hydrogen-bond donors (Lipinski definition) is 0. The van der Waals surface area contributed by atoms with Gasteiger partial charge < -0.3 is 0 Å². The second-order valence-corrected chi connectivity index (χ2v) is 3.77. The fourth-order valence-electron chi connectivity index (χ4n) is 2.00. The van der Waals surface area contributed by atoms with Gasteiger partial charge in [-0.1, -0.05) is 30.3 Å². The SMILES string of the molecule is Cc1nc2c[c]ccn2c1-c1ccccc1. The summed E-state index contributed by atoms with van der Waals surface area (Å²) >= 11 is 0. The maximum absolute atomic E-state index is 4.52. The summed E-state index contributed by atoms with van der Waals surface area (Å²) in [4.78, 5) is 4.52. The van der Waals surface area contributed by atoms with Crippen LogP contribution in [0.5, 0.6) is 0 Å².